The third-order valence-electron chi connectivity index (χ3n) is 3.68. The molecule has 0 heterocycles. The number of rotatable bonds is 5. The summed E-state index contributed by atoms with van der Waals surface area (Å²) in [5.41, 5.74) is 0. The second-order valence-electron chi connectivity index (χ2n) is 5.28. The smallest absolute Gasteiger partial charge is 0.353 e. The predicted octanol–water partition coefficient (Wildman–Crippen LogP) is 4.03. The quantitative estimate of drug-likeness (QED) is 0.750. The zero-order valence-corrected chi connectivity index (χ0v) is 12.7. The molecule has 19 heavy (non-hydrogen) atoms. The Morgan fingerprint density at radius 1 is 1.37 bits per heavy atom. The number of nitrogens with one attached hydrogen (secondary N) is 1. The van der Waals surface area contributed by atoms with Gasteiger partial charge in [-0.1, -0.05) is 28.8 Å². The second-order valence-corrected chi connectivity index (χ2v) is 6.07. The van der Waals surface area contributed by atoms with Crippen LogP contribution >= 0.6 is 15.9 Å². The maximum Gasteiger partial charge on any atom is 0.392 e. The van der Waals surface area contributed by atoms with E-state index >= 15 is 0 Å². The summed E-state index contributed by atoms with van der Waals surface area (Å²) in [6.45, 7) is 1.84. The largest absolute Gasteiger partial charge is 0.392 e. The van der Waals surface area contributed by atoms with Crippen LogP contribution in [0.25, 0.3) is 0 Å². The number of amides is 1. The summed E-state index contributed by atoms with van der Waals surface area (Å²) in [5, 5.41) is 3.56. The summed E-state index contributed by atoms with van der Waals surface area (Å²) in [5.74, 6) is -2.80. The Morgan fingerprint density at radius 2 is 2.00 bits per heavy atom. The molecule has 0 bridgehead atoms. The molecule has 0 saturated heterocycles. The van der Waals surface area contributed by atoms with E-state index in [1.807, 2.05) is 6.92 Å². The molecule has 1 rings (SSSR count). The van der Waals surface area contributed by atoms with Crippen molar-refractivity contribution in [2.75, 3.05) is 5.33 Å². The van der Waals surface area contributed by atoms with E-state index < -0.39 is 23.9 Å². The lowest BCUT2D eigenvalue weighted by molar-refractivity contribution is -0.198. The molecule has 0 aliphatic heterocycles. The minimum Gasteiger partial charge on any atom is -0.353 e. The molecule has 1 aliphatic rings. The van der Waals surface area contributed by atoms with Crippen molar-refractivity contribution in [1.82, 2.24) is 5.32 Å². The van der Waals surface area contributed by atoms with E-state index in [0.29, 0.717) is 19.3 Å². The predicted molar refractivity (Wildman–Crippen MR) is 72.1 cm³/mol. The molecule has 3 unspecified atom stereocenters. The molecule has 6 heteroatoms. The lowest BCUT2D eigenvalue weighted by atomic mass is 9.78. The van der Waals surface area contributed by atoms with Crippen molar-refractivity contribution >= 4 is 21.8 Å². The van der Waals surface area contributed by atoms with Crippen molar-refractivity contribution in [2.45, 2.75) is 57.7 Å². The van der Waals surface area contributed by atoms with Crippen molar-refractivity contribution < 1.29 is 18.0 Å². The first-order valence-corrected chi connectivity index (χ1v) is 7.91. The van der Waals surface area contributed by atoms with Crippen LogP contribution in [0.1, 0.15) is 45.4 Å². The molecule has 3 atom stereocenters. The summed E-state index contributed by atoms with van der Waals surface area (Å²) in [6, 6.07) is -0.0686. The van der Waals surface area contributed by atoms with Gasteiger partial charge in [-0.2, -0.15) is 13.2 Å². The number of alkyl halides is 4. The fourth-order valence-electron chi connectivity index (χ4n) is 2.64. The van der Waals surface area contributed by atoms with Gasteiger partial charge in [0.05, 0.1) is 5.92 Å². The molecule has 1 N–H and O–H groups in total. The average molecular weight is 344 g/mol. The number of carbonyl (C=O) groups is 1. The molecule has 2 nitrogen and oxygen atoms in total. The van der Waals surface area contributed by atoms with Crippen molar-refractivity contribution in [1.29, 1.82) is 0 Å². The van der Waals surface area contributed by atoms with Gasteiger partial charge < -0.3 is 5.32 Å². The molecule has 0 aromatic carbocycles. The third kappa shape index (κ3) is 5.32. The van der Waals surface area contributed by atoms with Gasteiger partial charge in [0.1, 0.15) is 0 Å². The van der Waals surface area contributed by atoms with Crippen molar-refractivity contribution in [3.05, 3.63) is 0 Å². The Balaban J connectivity index is 2.57. The number of carbonyl (C=O) groups excluding carboxylic acids is 1. The molecular formula is C13H21BrF3NO. The maximum atomic E-state index is 12.9. The topological polar surface area (TPSA) is 29.1 Å². The van der Waals surface area contributed by atoms with Gasteiger partial charge >= 0.3 is 6.18 Å². The highest BCUT2D eigenvalue weighted by Crippen LogP contribution is 2.41. The van der Waals surface area contributed by atoms with Crippen molar-refractivity contribution in [3.63, 3.8) is 0 Å². The summed E-state index contributed by atoms with van der Waals surface area (Å²) in [7, 11) is 0. The molecule has 1 fully saturated rings. The van der Waals surface area contributed by atoms with Gasteiger partial charge in [-0.05, 0) is 32.6 Å². The van der Waals surface area contributed by atoms with E-state index in [9.17, 15) is 18.0 Å². The van der Waals surface area contributed by atoms with Gasteiger partial charge in [0.25, 0.3) is 0 Å². The standard InChI is InChI=1S/C13H21BrF3NO/c1-9(5-4-8-14)18-12(19)10-6-2-3-7-11(10)13(15,16)17/h9-11H,2-8H2,1H3,(H,18,19). The molecule has 1 aliphatic carbocycles. The molecule has 0 aromatic heterocycles. The highest BCUT2D eigenvalue weighted by Gasteiger charge is 2.48. The fraction of sp³-hybridized carbons (Fsp3) is 0.923. The minimum absolute atomic E-state index is 0.0686. The van der Waals surface area contributed by atoms with E-state index in [4.69, 9.17) is 0 Å². The monoisotopic (exact) mass is 343 g/mol. The van der Waals surface area contributed by atoms with Gasteiger partial charge in [0.2, 0.25) is 5.91 Å². The van der Waals surface area contributed by atoms with Crippen LogP contribution in [0.3, 0.4) is 0 Å². The van der Waals surface area contributed by atoms with Crippen LogP contribution in [0.5, 0.6) is 0 Å². The third-order valence-corrected chi connectivity index (χ3v) is 4.24. The second kappa shape index (κ2) is 7.50. The molecule has 0 aromatic rings. The Labute approximate surface area is 120 Å². The zero-order chi connectivity index (χ0) is 14.5. The number of hydrogen-bond acceptors (Lipinski definition) is 1. The Bertz CT molecular complexity index is 296. The first kappa shape index (κ1) is 16.8. The van der Waals surface area contributed by atoms with Crippen LogP contribution in [0.4, 0.5) is 13.2 Å². The van der Waals surface area contributed by atoms with E-state index in [-0.39, 0.29) is 12.5 Å². The van der Waals surface area contributed by atoms with E-state index in [1.165, 1.54) is 0 Å². The van der Waals surface area contributed by atoms with Crippen LogP contribution in [-0.4, -0.2) is 23.5 Å². The SMILES string of the molecule is CC(CCCBr)NC(=O)C1CCCCC1C(F)(F)F. The van der Waals surface area contributed by atoms with Crippen molar-refractivity contribution in [2.24, 2.45) is 11.8 Å². The molecule has 1 saturated carbocycles. The normalized spacial score (nSPS) is 25.9. The Hall–Kier alpha value is -0.260. The fourth-order valence-corrected chi connectivity index (χ4v) is 2.97. The van der Waals surface area contributed by atoms with E-state index in [2.05, 4.69) is 21.2 Å². The molecule has 112 valence electrons. The minimum atomic E-state index is -4.26. The Morgan fingerprint density at radius 3 is 2.58 bits per heavy atom. The van der Waals surface area contributed by atoms with Crippen molar-refractivity contribution in [3.8, 4) is 0 Å². The summed E-state index contributed by atoms with van der Waals surface area (Å²) < 4.78 is 38.7. The zero-order valence-electron chi connectivity index (χ0n) is 11.1. The molecule has 0 spiro atoms. The number of halogens is 4. The van der Waals surface area contributed by atoms with Gasteiger partial charge in [-0.3, -0.25) is 4.79 Å². The molecule has 1 amide bonds. The molecular weight excluding hydrogens is 323 g/mol. The van der Waals surface area contributed by atoms with E-state index in [1.54, 1.807) is 0 Å². The van der Waals surface area contributed by atoms with Gasteiger partial charge in [0, 0.05) is 17.3 Å². The summed E-state index contributed by atoms with van der Waals surface area (Å²) in [6.07, 6.45) is -0.886. The van der Waals surface area contributed by atoms with Gasteiger partial charge in [-0.25, -0.2) is 0 Å². The summed E-state index contributed by atoms with van der Waals surface area (Å²) >= 11 is 3.29. The van der Waals surface area contributed by atoms with Crippen LogP contribution in [-0.2, 0) is 4.79 Å². The van der Waals surface area contributed by atoms with Crippen LogP contribution in [0.2, 0.25) is 0 Å². The highest BCUT2D eigenvalue weighted by molar-refractivity contribution is 9.09. The van der Waals surface area contributed by atoms with E-state index in [0.717, 1.165) is 18.2 Å². The Kier molecular flexibility index (Phi) is 6.63. The maximum absolute atomic E-state index is 12.9. The average Bonchev–Trinajstić information content (AvgIpc) is 2.35. The highest BCUT2D eigenvalue weighted by atomic mass is 79.9. The first-order valence-electron chi connectivity index (χ1n) is 6.79. The van der Waals surface area contributed by atoms with Crippen LogP contribution < -0.4 is 5.32 Å². The lowest BCUT2D eigenvalue weighted by Crippen LogP contribution is -2.45. The number of hydrogen-bond donors (Lipinski definition) is 1. The lowest BCUT2D eigenvalue weighted by Gasteiger charge is -2.32. The molecule has 0 radical (unpaired) electrons. The first-order chi connectivity index (χ1) is 8.86. The summed E-state index contributed by atoms with van der Waals surface area (Å²) in [4.78, 5) is 12.0. The van der Waals surface area contributed by atoms with Crippen LogP contribution in [0, 0.1) is 11.8 Å². The van der Waals surface area contributed by atoms with Crippen LogP contribution in [0.15, 0.2) is 0 Å². The van der Waals surface area contributed by atoms with Gasteiger partial charge in [0.15, 0.2) is 0 Å². The van der Waals surface area contributed by atoms with Gasteiger partial charge in [-0.15, -0.1) is 0 Å².